The maximum absolute atomic E-state index is 13.5. The fraction of sp³-hybridized carbons (Fsp3) is 0.250. The number of amides is 1. The minimum atomic E-state index is -0.111. The number of rotatable bonds is 10. The molecule has 1 aliphatic carbocycles. The van der Waals surface area contributed by atoms with E-state index in [4.69, 9.17) is 9.72 Å². The third-order valence-corrected chi connectivity index (χ3v) is 6.91. The van der Waals surface area contributed by atoms with E-state index in [2.05, 4.69) is 22.2 Å². The van der Waals surface area contributed by atoms with Gasteiger partial charge in [0.25, 0.3) is 5.91 Å². The van der Waals surface area contributed by atoms with Gasteiger partial charge in [-0.2, -0.15) is 0 Å². The van der Waals surface area contributed by atoms with Gasteiger partial charge in [0.15, 0.2) is 5.13 Å². The number of anilines is 2. The number of hydrogen-bond donors (Lipinski definition) is 0. The van der Waals surface area contributed by atoms with E-state index in [9.17, 15) is 4.79 Å². The first-order valence-electron chi connectivity index (χ1n) is 11.9. The average Bonchev–Trinajstić information content (AvgIpc) is 3.65. The van der Waals surface area contributed by atoms with Crippen molar-refractivity contribution in [3.8, 4) is 5.75 Å². The minimum Gasteiger partial charge on any atom is -0.489 e. The second kappa shape index (κ2) is 10.7. The molecule has 35 heavy (non-hydrogen) atoms. The summed E-state index contributed by atoms with van der Waals surface area (Å²) in [5.41, 5.74) is 3.32. The Balaban J connectivity index is 1.35. The summed E-state index contributed by atoms with van der Waals surface area (Å²) in [5.74, 6) is 0.644. The Labute approximate surface area is 209 Å². The quantitative estimate of drug-likeness (QED) is 0.278. The van der Waals surface area contributed by atoms with Crippen LogP contribution in [0, 0.1) is 0 Å². The molecular weight excluding hydrogens is 456 g/mol. The first-order valence-corrected chi connectivity index (χ1v) is 12.8. The maximum Gasteiger partial charge on any atom is 0.260 e. The van der Waals surface area contributed by atoms with Crippen molar-refractivity contribution < 1.29 is 9.53 Å². The van der Waals surface area contributed by atoms with Crippen molar-refractivity contribution in [1.82, 2.24) is 9.97 Å². The lowest BCUT2D eigenvalue weighted by atomic mass is 10.2. The monoisotopic (exact) mass is 484 g/mol. The molecule has 4 aromatic rings. The molecule has 0 bridgehead atoms. The molecule has 2 aromatic carbocycles. The van der Waals surface area contributed by atoms with Crippen molar-refractivity contribution in [2.75, 3.05) is 16.3 Å². The van der Waals surface area contributed by atoms with Crippen molar-refractivity contribution >= 4 is 28.1 Å². The maximum atomic E-state index is 13.5. The van der Waals surface area contributed by atoms with E-state index < -0.39 is 0 Å². The molecule has 1 saturated carbocycles. The summed E-state index contributed by atoms with van der Waals surface area (Å²) in [5, 5.41) is 3.09. The van der Waals surface area contributed by atoms with Gasteiger partial charge in [-0.1, -0.05) is 30.3 Å². The van der Waals surface area contributed by atoms with Gasteiger partial charge in [-0.3, -0.25) is 9.78 Å². The molecule has 2 aromatic heterocycles. The van der Waals surface area contributed by atoms with Gasteiger partial charge < -0.3 is 14.5 Å². The van der Waals surface area contributed by atoms with E-state index in [0.717, 1.165) is 34.4 Å². The SMILES string of the molecule is CCN(c1nc(CN(C(=O)c2cccnc2)c2ccc(OCc3ccccc3)cc2)cs1)C1CC1. The molecule has 0 N–H and O–H groups in total. The molecule has 0 saturated heterocycles. The Hall–Kier alpha value is -3.71. The Morgan fingerprint density at radius 1 is 1.06 bits per heavy atom. The molecular formula is C28H28N4O2S. The van der Waals surface area contributed by atoms with Gasteiger partial charge >= 0.3 is 0 Å². The fourth-order valence-electron chi connectivity index (χ4n) is 3.99. The number of thiazole rings is 1. The topological polar surface area (TPSA) is 58.6 Å². The zero-order valence-electron chi connectivity index (χ0n) is 19.7. The number of pyridine rings is 1. The van der Waals surface area contributed by atoms with Crippen LogP contribution in [0.4, 0.5) is 10.8 Å². The van der Waals surface area contributed by atoms with Gasteiger partial charge in [0.05, 0.1) is 17.8 Å². The largest absolute Gasteiger partial charge is 0.489 e. The molecule has 1 amide bonds. The summed E-state index contributed by atoms with van der Waals surface area (Å²) < 4.78 is 5.93. The number of nitrogens with zero attached hydrogens (tertiary/aromatic N) is 4. The summed E-state index contributed by atoms with van der Waals surface area (Å²) in [7, 11) is 0. The fourth-order valence-corrected chi connectivity index (χ4v) is 4.94. The van der Waals surface area contributed by atoms with Crippen molar-refractivity contribution in [3.05, 3.63) is 101 Å². The van der Waals surface area contributed by atoms with E-state index >= 15 is 0 Å². The molecule has 7 heteroatoms. The third kappa shape index (κ3) is 5.69. The number of carbonyl (C=O) groups excluding carboxylic acids is 1. The summed E-state index contributed by atoms with van der Waals surface area (Å²) in [4.78, 5) is 26.6. The van der Waals surface area contributed by atoms with E-state index in [-0.39, 0.29) is 5.91 Å². The molecule has 0 radical (unpaired) electrons. The summed E-state index contributed by atoms with van der Waals surface area (Å²) in [6, 6.07) is 21.9. The normalized spacial score (nSPS) is 12.8. The van der Waals surface area contributed by atoms with Crippen LogP contribution in [-0.4, -0.2) is 28.5 Å². The van der Waals surface area contributed by atoms with Crippen molar-refractivity contribution in [3.63, 3.8) is 0 Å². The minimum absolute atomic E-state index is 0.111. The third-order valence-electron chi connectivity index (χ3n) is 5.98. The van der Waals surface area contributed by atoms with Gasteiger partial charge in [0.1, 0.15) is 12.4 Å². The molecule has 1 aliphatic rings. The Kier molecular flexibility index (Phi) is 7.04. The highest BCUT2D eigenvalue weighted by atomic mass is 32.1. The Bertz CT molecular complexity index is 1240. The molecule has 1 fully saturated rings. The van der Waals surface area contributed by atoms with Gasteiger partial charge in [-0.05, 0) is 61.7 Å². The number of ether oxygens (including phenoxy) is 1. The van der Waals surface area contributed by atoms with Crippen LogP contribution >= 0.6 is 11.3 Å². The molecule has 0 spiro atoms. The van der Waals surface area contributed by atoms with E-state index in [1.807, 2.05) is 54.6 Å². The summed E-state index contributed by atoms with van der Waals surface area (Å²) in [6.07, 6.45) is 5.73. The lowest BCUT2D eigenvalue weighted by Gasteiger charge is -2.23. The van der Waals surface area contributed by atoms with Crippen molar-refractivity contribution in [2.45, 2.75) is 39.0 Å². The second-order valence-electron chi connectivity index (χ2n) is 8.54. The van der Waals surface area contributed by atoms with E-state index in [1.54, 1.807) is 40.8 Å². The highest BCUT2D eigenvalue weighted by Gasteiger charge is 2.30. The van der Waals surface area contributed by atoms with Crippen LogP contribution in [0.2, 0.25) is 0 Å². The van der Waals surface area contributed by atoms with E-state index in [1.165, 1.54) is 12.8 Å². The molecule has 5 rings (SSSR count). The van der Waals surface area contributed by atoms with Crippen LogP contribution in [0.25, 0.3) is 0 Å². The Morgan fingerprint density at radius 2 is 1.86 bits per heavy atom. The van der Waals surface area contributed by atoms with Crippen molar-refractivity contribution in [1.29, 1.82) is 0 Å². The number of carbonyl (C=O) groups is 1. The first-order chi connectivity index (χ1) is 17.2. The average molecular weight is 485 g/mol. The highest BCUT2D eigenvalue weighted by molar-refractivity contribution is 7.13. The van der Waals surface area contributed by atoms with Crippen LogP contribution in [0.15, 0.2) is 84.5 Å². The molecule has 0 unspecified atom stereocenters. The second-order valence-corrected chi connectivity index (χ2v) is 9.38. The molecule has 2 heterocycles. The van der Waals surface area contributed by atoms with Gasteiger partial charge in [-0.15, -0.1) is 11.3 Å². The van der Waals surface area contributed by atoms with E-state index in [0.29, 0.717) is 24.8 Å². The number of benzene rings is 2. The zero-order valence-corrected chi connectivity index (χ0v) is 20.5. The predicted octanol–water partition coefficient (Wildman–Crippen LogP) is 5.95. The summed E-state index contributed by atoms with van der Waals surface area (Å²) in [6.45, 7) is 3.99. The van der Waals surface area contributed by atoms with Gasteiger partial charge in [0, 0.05) is 36.0 Å². The number of aromatic nitrogens is 2. The highest BCUT2D eigenvalue weighted by Crippen LogP contribution is 2.34. The van der Waals surface area contributed by atoms with Crippen LogP contribution in [0.3, 0.4) is 0 Å². The van der Waals surface area contributed by atoms with Crippen LogP contribution in [0.5, 0.6) is 5.75 Å². The molecule has 178 valence electrons. The Morgan fingerprint density at radius 3 is 2.54 bits per heavy atom. The molecule has 0 aliphatic heterocycles. The van der Waals surface area contributed by atoms with Crippen LogP contribution in [-0.2, 0) is 13.2 Å². The lowest BCUT2D eigenvalue weighted by molar-refractivity contribution is 0.0984. The lowest BCUT2D eigenvalue weighted by Crippen LogP contribution is -2.31. The molecule has 6 nitrogen and oxygen atoms in total. The zero-order chi connectivity index (χ0) is 24.0. The molecule has 0 atom stereocenters. The van der Waals surface area contributed by atoms with Gasteiger partial charge in [-0.25, -0.2) is 4.98 Å². The first kappa shape index (κ1) is 23.1. The number of hydrogen-bond acceptors (Lipinski definition) is 6. The van der Waals surface area contributed by atoms with Crippen LogP contribution in [0.1, 0.15) is 41.4 Å². The summed E-state index contributed by atoms with van der Waals surface area (Å²) >= 11 is 1.65. The van der Waals surface area contributed by atoms with Crippen molar-refractivity contribution in [2.24, 2.45) is 0 Å². The smallest absolute Gasteiger partial charge is 0.260 e. The van der Waals surface area contributed by atoms with Crippen LogP contribution < -0.4 is 14.5 Å². The predicted molar refractivity (Wildman–Crippen MR) is 140 cm³/mol. The van der Waals surface area contributed by atoms with Gasteiger partial charge in [0.2, 0.25) is 0 Å². The standard InChI is InChI=1S/C28H28N4O2S/c1-2-31(24-10-11-24)28-30-23(20-35-28)18-32(27(33)22-9-6-16-29-17-22)25-12-14-26(15-13-25)34-19-21-7-4-3-5-8-21/h3-9,12-17,20,24H,2,10-11,18-19H2,1H3.